The number of rotatable bonds is 5. The van der Waals surface area contributed by atoms with Crippen LogP contribution in [0.2, 0.25) is 0 Å². The maximum absolute atomic E-state index is 11.9. The molecule has 1 aliphatic carbocycles. The smallest absolute Gasteiger partial charge is 0.304 e. The molecule has 1 atom stereocenters. The van der Waals surface area contributed by atoms with E-state index in [-0.39, 0.29) is 13.0 Å². The van der Waals surface area contributed by atoms with Gasteiger partial charge in [-0.25, -0.2) is 4.98 Å². The van der Waals surface area contributed by atoms with Crippen LogP contribution in [0, 0.1) is 0 Å². The number of pyridine rings is 1. The van der Waals surface area contributed by atoms with Crippen molar-refractivity contribution in [2.45, 2.75) is 11.8 Å². The van der Waals surface area contributed by atoms with E-state index in [9.17, 15) is 14.7 Å². The van der Waals surface area contributed by atoms with E-state index in [1.165, 1.54) is 0 Å². The van der Waals surface area contributed by atoms with Crippen LogP contribution in [0.1, 0.15) is 17.5 Å². The van der Waals surface area contributed by atoms with Crippen LogP contribution in [-0.4, -0.2) is 29.1 Å². The molecule has 1 unspecified atom stereocenters. The third-order valence-corrected chi connectivity index (χ3v) is 5.77. The van der Waals surface area contributed by atoms with E-state index >= 15 is 0 Å². The highest BCUT2D eigenvalue weighted by molar-refractivity contribution is 6.03. The fourth-order valence-electron chi connectivity index (χ4n) is 4.57. The quantitative estimate of drug-likeness (QED) is 0.520. The van der Waals surface area contributed by atoms with E-state index in [1.807, 2.05) is 66.7 Å². The summed E-state index contributed by atoms with van der Waals surface area (Å²) < 4.78 is 5.19. The van der Waals surface area contributed by atoms with Gasteiger partial charge < -0.3 is 9.84 Å². The van der Waals surface area contributed by atoms with Gasteiger partial charge in [-0.15, -0.1) is 0 Å². The highest BCUT2D eigenvalue weighted by Crippen LogP contribution is 2.53. The van der Waals surface area contributed by atoms with Gasteiger partial charge in [0.15, 0.2) is 0 Å². The molecule has 5 nitrogen and oxygen atoms in total. The second-order valence-corrected chi connectivity index (χ2v) is 7.35. The summed E-state index contributed by atoms with van der Waals surface area (Å²) in [6.45, 7) is 0.317. The number of carbonyl (C=O) groups is 2. The van der Waals surface area contributed by atoms with Gasteiger partial charge in [0.1, 0.15) is 6.61 Å². The fraction of sp³-hybridized carbons (Fsp3) is 0.125. The topological polar surface area (TPSA) is 76.5 Å². The molecule has 29 heavy (non-hydrogen) atoms. The molecule has 0 bridgehead atoms. The first-order chi connectivity index (χ1) is 14.1. The van der Waals surface area contributed by atoms with E-state index in [2.05, 4.69) is 0 Å². The number of carboxylic acids is 1. The second kappa shape index (κ2) is 6.41. The van der Waals surface area contributed by atoms with Gasteiger partial charge in [-0.1, -0.05) is 54.6 Å². The van der Waals surface area contributed by atoms with E-state index in [1.54, 1.807) is 0 Å². The van der Waals surface area contributed by atoms with Crippen molar-refractivity contribution in [3.05, 3.63) is 77.9 Å². The molecule has 1 aliphatic rings. The first kappa shape index (κ1) is 17.4. The zero-order valence-corrected chi connectivity index (χ0v) is 15.5. The Kier molecular flexibility index (Phi) is 3.84. The summed E-state index contributed by atoms with van der Waals surface area (Å²) in [5.41, 5.74) is 3.14. The summed E-state index contributed by atoms with van der Waals surface area (Å²) >= 11 is 0. The van der Waals surface area contributed by atoms with Crippen molar-refractivity contribution < 1.29 is 19.4 Å². The number of benzene rings is 3. The molecule has 142 valence electrons. The van der Waals surface area contributed by atoms with Crippen LogP contribution in [0.15, 0.2) is 66.7 Å². The standard InChI is InChI=1S/C24H17NO4/c26-14-29-13-24(12-21(27)28)18-10-9-15-5-1-3-7-17(15)22(18)23-19(24)11-16-6-2-4-8-20(16)25-23/h1-11,14H,12-13H2,(H,27,28). The van der Waals surface area contributed by atoms with Crippen LogP contribution in [0.25, 0.3) is 32.9 Å². The number of fused-ring (bicyclic) bond motifs is 6. The Balaban J connectivity index is 1.93. The minimum atomic E-state index is -0.988. The summed E-state index contributed by atoms with van der Waals surface area (Å²) in [6, 6.07) is 21.6. The van der Waals surface area contributed by atoms with E-state index in [0.717, 1.165) is 44.1 Å². The Morgan fingerprint density at radius 1 is 1.00 bits per heavy atom. The fourth-order valence-corrected chi connectivity index (χ4v) is 4.57. The summed E-state index contributed by atoms with van der Waals surface area (Å²) in [5, 5.41) is 12.7. The van der Waals surface area contributed by atoms with Crippen LogP contribution in [-0.2, 0) is 19.7 Å². The number of ether oxygens (including phenoxy) is 1. The molecule has 1 N–H and O–H groups in total. The van der Waals surface area contributed by atoms with E-state index in [0.29, 0.717) is 6.47 Å². The summed E-state index contributed by atoms with van der Waals surface area (Å²) in [5.74, 6) is -0.959. The van der Waals surface area contributed by atoms with Crippen molar-refractivity contribution in [2.24, 2.45) is 0 Å². The normalized spacial score (nSPS) is 17.1. The molecular formula is C24H17NO4. The van der Waals surface area contributed by atoms with Crippen LogP contribution in [0.4, 0.5) is 0 Å². The van der Waals surface area contributed by atoms with Crippen molar-refractivity contribution in [3.8, 4) is 11.3 Å². The molecule has 1 heterocycles. The molecule has 5 rings (SSSR count). The molecule has 5 heteroatoms. The van der Waals surface area contributed by atoms with Gasteiger partial charge in [0.05, 0.1) is 23.0 Å². The molecule has 0 amide bonds. The molecule has 0 aliphatic heterocycles. The number of aliphatic carboxylic acids is 1. The number of hydrogen-bond acceptors (Lipinski definition) is 4. The number of para-hydroxylation sites is 1. The molecule has 3 aromatic carbocycles. The molecule has 0 saturated carbocycles. The maximum Gasteiger partial charge on any atom is 0.304 e. The lowest BCUT2D eigenvalue weighted by Crippen LogP contribution is -2.34. The van der Waals surface area contributed by atoms with Gasteiger partial charge in [-0.2, -0.15) is 0 Å². The Morgan fingerprint density at radius 2 is 1.76 bits per heavy atom. The van der Waals surface area contributed by atoms with Crippen LogP contribution in [0.5, 0.6) is 0 Å². The molecule has 4 aromatic rings. The Bertz CT molecular complexity index is 1300. The summed E-state index contributed by atoms with van der Waals surface area (Å²) in [4.78, 5) is 27.9. The molecule has 0 fully saturated rings. The number of nitrogens with zero attached hydrogens (tertiary/aromatic N) is 1. The Labute approximate surface area is 166 Å². The third-order valence-electron chi connectivity index (χ3n) is 5.77. The van der Waals surface area contributed by atoms with Gasteiger partial charge in [0.2, 0.25) is 0 Å². The minimum Gasteiger partial charge on any atom is -0.481 e. The van der Waals surface area contributed by atoms with Gasteiger partial charge >= 0.3 is 5.97 Å². The van der Waals surface area contributed by atoms with Gasteiger partial charge in [0.25, 0.3) is 6.47 Å². The number of hydrogen-bond donors (Lipinski definition) is 1. The van der Waals surface area contributed by atoms with Crippen molar-refractivity contribution in [2.75, 3.05) is 6.61 Å². The van der Waals surface area contributed by atoms with E-state index < -0.39 is 11.4 Å². The average molecular weight is 383 g/mol. The first-order valence-corrected chi connectivity index (χ1v) is 9.34. The number of carbonyl (C=O) groups excluding carboxylic acids is 1. The Hall–Kier alpha value is -3.73. The van der Waals surface area contributed by atoms with Crippen LogP contribution < -0.4 is 0 Å². The molecule has 0 radical (unpaired) electrons. The highest BCUT2D eigenvalue weighted by Gasteiger charge is 2.47. The molecule has 0 saturated heterocycles. The second-order valence-electron chi connectivity index (χ2n) is 7.35. The zero-order chi connectivity index (χ0) is 20.0. The average Bonchev–Trinajstić information content (AvgIpc) is 3.00. The van der Waals surface area contributed by atoms with Gasteiger partial charge in [-0.05, 0) is 34.0 Å². The predicted octanol–water partition coefficient (Wildman–Crippen LogP) is 4.30. The highest BCUT2D eigenvalue weighted by atomic mass is 16.5. The molecule has 0 spiro atoms. The van der Waals surface area contributed by atoms with Crippen molar-refractivity contribution >= 4 is 34.1 Å². The lowest BCUT2D eigenvalue weighted by Gasteiger charge is -2.29. The molecule has 1 aromatic heterocycles. The zero-order valence-electron chi connectivity index (χ0n) is 15.5. The lowest BCUT2D eigenvalue weighted by atomic mass is 9.75. The van der Waals surface area contributed by atoms with Crippen molar-refractivity contribution in [1.29, 1.82) is 0 Å². The SMILES string of the molecule is O=COCC1(CC(=O)O)c2cc3ccccc3nc2-c2c1ccc1ccccc21. The number of aromatic nitrogens is 1. The Morgan fingerprint density at radius 3 is 2.55 bits per heavy atom. The van der Waals surface area contributed by atoms with Crippen LogP contribution in [0.3, 0.4) is 0 Å². The largest absolute Gasteiger partial charge is 0.481 e. The lowest BCUT2D eigenvalue weighted by molar-refractivity contribution is -0.140. The third kappa shape index (κ3) is 2.51. The summed E-state index contributed by atoms with van der Waals surface area (Å²) in [7, 11) is 0. The maximum atomic E-state index is 11.9. The number of carboxylic acid groups (broad SMARTS) is 1. The monoisotopic (exact) mass is 383 g/mol. The van der Waals surface area contributed by atoms with Crippen LogP contribution >= 0.6 is 0 Å². The van der Waals surface area contributed by atoms with E-state index in [4.69, 9.17) is 9.72 Å². The van der Waals surface area contributed by atoms with Crippen molar-refractivity contribution in [1.82, 2.24) is 4.98 Å². The molecular weight excluding hydrogens is 366 g/mol. The first-order valence-electron chi connectivity index (χ1n) is 9.34. The predicted molar refractivity (Wildman–Crippen MR) is 110 cm³/mol. The van der Waals surface area contributed by atoms with Gasteiger partial charge in [0, 0.05) is 10.9 Å². The van der Waals surface area contributed by atoms with Gasteiger partial charge in [-0.3, -0.25) is 9.59 Å². The minimum absolute atomic E-state index is 0.0544. The van der Waals surface area contributed by atoms with Crippen molar-refractivity contribution in [3.63, 3.8) is 0 Å². The summed E-state index contributed by atoms with van der Waals surface area (Å²) in [6.07, 6.45) is -0.195.